The minimum Gasteiger partial charge on any atom is -0.343 e. The van der Waals surface area contributed by atoms with Crippen molar-refractivity contribution >= 4 is 23.4 Å². The fourth-order valence-electron chi connectivity index (χ4n) is 2.04. The molecule has 0 aliphatic carbocycles. The number of nitrogens with zero attached hydrogens (tertiary/aromatic N) is 1. The molecule has 2 aromatic carbocycles. The van der Waals surface area contributed by atoms with Crippen LogP contribution in [-0.4, -0.2) is 30.3 Å². The summed E-state index contributed by atoms with van der Waals surface area (Å²) in [5, 5.41) is 2.40. The Bertz CT molecular complexity index is 687. The SMILES string of the molecule is CN(Cc1ccccc1)C(=O)CNC(=O)c1c(F)cccc1Cl. The van der Waals surface area contributed by atoms with Gasteiger partial charge >= 0.3 is 0 Å². The highest BCUT2D eigenvalue weighted by Crippen LogP contribution is 2.18. The predicted octanol–water partition coefficient (Wildman–Crippen LogP) is 2.87. The van der Waals surface area contributed by atoms with Crippen LogP contribution in [0.2, 0.25) is 5.02 Å². The third-order valence-electron chi connectivity index (χ3n) is 3.28. The molecule has 6 heteroatoms. The lowest BCUT2D eigenvalue weighted by atomic mass is 10.2. The number of likely N-dealkylation sites (N-methyl/N-ethyl adjacent to an activating group) is 1. The maximum Gasteiger partial charge on any atom is 0.256 e. The van der Waals surface area contributed by atoms with E-state index in [0.29, 0.717) is 6.54 Å². The first-order valence-electron chi connectivity index (χ1n) is 6.99. The summed E-state index contributed by atoms with van der Waals surface area (Å²) in [6.07, 6.45) is 0. The van der Waals surface area contributed by atoms with E-state index in [1.807, 2.05) is 30.3 Å². The molecule has 0 unspecified atom stereocenters. The Morgan fingerprint density at radius 1 is 1.13 bits per heavy atom. The largest absolute Gasteiger partial charge is 0.343 e. The first-order chi connectivity index (χ1) is 11.0. The fraction of sp³-hybridized carbons (Fsp3) is 0.176. The second-order valence-corrected chi connectivity index (χ2v) is 5.42. The van der Waals surface area contributed by atoms with E-state index < -0.39 is 11.7 Å². The van der Waals surface area contributed by atoms with Gasteiger partial charge in [-0.05, 0) is 17.7 Å². The van der Waals surface area contributed by atoms with E-state index in [0.717, 1.165) is 11.6 Å². The van der Waals surface area contributed by atoms with Gasteiger partial charge in [0.25, 0.3) is 5.91 Å². The molecule has 0 saturated carbocycles. The Morgan fingerprint density at radius 2 is 1.83 bits per heavy atom. The highest BCUT2D eigenvalue weighted by atomic mass is 35.5. The van der Waals surface area contributed by atoms with Crippen molar-refractivity contribution in [3.05, 3.63) is 70.5 Å². The molecule has 120 valence electrons. The molecule has 0 atom stereocenters. The summed E-state index contributed by atoms with van der Waals surface area (Å²) in [5.74, 6) is -1.72. The van der Waals surface area contributed by atoms with Gasteiger partial charge in [0.1, 0.15) is 5.82 Å². The molecule has 0 heterocycles. The quantitative estimate of drug-likeness (QED) is 0.914. The van der Waals surface area contributed by atoms with Crippen LogP contribution in [0.3, 0.4) is 0 Å². The van der Waals surface area contributed by atoms with Gasteiger partial charge in [0, 0.05) is 13.6 Å². The van der Waals surface area contributed by atoms with E-state index in [-0.39, 0.29) is 23.0 Å². The Kier molecular flexibility index (Phi) is 5.71. The predicted molar refractivity (Wildman–Crippen MR) is 86.7 cm³/mol. The number of benzene rings is 2. The third-order valence-corrected chi connectivity index (χ3v) is 3.59. The number of halogens is 2. The van der Waals surface area contributed by atoms with Crippen molar-refractivity contribution in [2.45, 2.75) is 6.54 Å². The number of carbonyl (C=O) groups is 2. The first-order valence-corrected chi connectivity index (χ1v) is 7.37. The lowest BCUT2D eigenvalue weighted by molar-refractivity contribution is -0.129. The van der Waals surface area contributed by atoms with Crippen LogP contribution in [0.1, 0.15) is 15.9 Å². The molecule has 0 bridgehead atoms. The molecule has 1 N–H and O–H groups in total. The van der Waals surface area contributed by atoms with E-state index in [4.69, 9.17) is 11.6 Å². The zero-order chi connectivity index (χ0) is 16.8. The minimum atomic E-state index is -0.722. The fourth-order valence-corrected chi connectivity index (χ4v) is 2.29. The summed E-state index contributed by atoms with van der Waals surface area (Å²) in [7, 11) is 1.64. The molecule has 0 aliphatic rings. The molecule has 2 rings (SSSR count). The highest BCUT2D eigenvalue weighted by molar-refractivity contribution is 6.33. The average Bonchev–Trinajstić information content (AvgIpc) is 2.53. The zero-order valence-corrected chi connectivity index (χ0v) is 13.3. The second-order valence-electron chi connectivity index (χ2n) is 5.01. The summed E-state index contributed by atoms with van der Waals surface area (Å²) >= 11 is 5.81. The number of hydrogen-bond acceptors (Lipinski definition) is 2. The summed E-state index contributed by atoms with van der Waals surface area (Å²) < 4.78 is 13.6. The highest BCUT2D eigenvalue weighted by Gasteiger charge is 2.17. The number of amides is 2. The monoisotopic (exact) mass is 334 g/mol. The van der Waals surface area contributed by atoms with Crippen LogP contribution >= 0.6 is 11.6 Å². The van der Waals surface area contributed by atoms with Crippen LogP contribution in [0, 0.1) is 5.82 Å². The molecule has 0 saturated heterocycles. The number of rotatable bonds is 5. The topological polar surface area (TPSA) is 49.4 Å². The van der Waals surface area contributed by atoms with Gasteiger partial charge in [-0.1, -0.05) is 48.0 Å². The van der Waals surface area contributed by atoms with Crippen molar-refractivity contribution in [1.82, 2.24) is 10.2 Å². The molecule has 0 fully saturated rings. The van der Waals surface area contributed by atoms with Gasteiger partial charge in [0.15, 0.2) is 0 Å². The lowest BCUT2D eigenvalue weighted by Crippen LogP contribution is -2.38. The van der Waals surface area contributed by atoms with Crippen LogP contribution in [0.25, 0.3) is 0 Å². The van der Waals surface area contributed by atoms with Crippen LogP contribution < -0.4 is 5.32 Å². The van der Waals surface area contributed by atoms with E-state index in [1.54, 1.807) is 7.05 Å². The second kappa shape index (κ2) is 7.74. The standard InChI is InChI=1S/C17H16ClFN2O2/c1-21(11-12-6-3-2-4-7-12)15(22)10-20-17(23)16-13(18)8-5-9-14(16)19/h2-9H,10-11H2,1H3,(H,20,23). The van der Waals surface area contributed by atoms with Crippen LogP contribution in [0.4, 0.5) is 4.39 Å². The van der Waals surface area contributed by atoms with Crippen molar-refractivity contribution < 1.29 is 14.0 Å². The van der Waals surface area contributed by atoms with Crippen LogP contribution in [-0.2, 0) is 11.3 Å². The van der Waals surface area contributed by atoms with Crippen molar-refractivity contribution in [3.8, 4) is 0 Å². The summed E-state index contributed by atoms with van der Waals surface area (Å²) in [6.45, 7) is 0.197. The maximum absolute atomic E-state index is 13.6. The molecule has 2 amide bonds. The summed E-state index contributed by atoms with van der Waals surface area (Å²) in [6, 6.07) is 13.4. The number of carbonyl (C=O) groups excluding carboxylic acids is 2. The van der Waals surface area contributed by atoms with Gasteiger partial charge in [-0.3, -0.25) is 9.59 Å². The summed E-state index contributed by atoms with van der Waals surface area (Å²) in [5.41, 5.74) is 0.722. The van der Waals surface area contributed by atoms with E-state index in [2.05, 4.69) is 5.32 Å². The molecule has 2 aromatic rings. The number of hydrogen-bond donors (Lipinski definition) is 1. The lowest BCUT2D eigenvalue weighted by Gasteiger charge is -2.17. The Labute approximate surface area is 138 Å². The smallest absolute Gasteiger partial charge is 0.256 e. The van der Waals surface area contributed by atoms with Gasteiger partial charge in [-0.2, -0.15) is 0 Å². The van der Waals surface area contributed by atoms with Crippen LogP contribution in [0.5, 0.6) is 0 Å². The Morgan fingerprint density at radius 3 is 2.48 bits per heavy atom. The van der Waals surface area contributed by atoms with E-state index in [1.165, 1.54) is 17.0 Å². The van der Waals surface area contributed by atoms with Gasteiger partial charge in [0.2, 0.25) is 5.91 Å². The van der Waals surface area contributed by atoms with Crippen molar-refractivity contribution in [3.63, 3.8) is 0 Å². The Balaban J connectivity index is 1.92. The molecule has 0 spiro atoms. The zero-order valence-electron chi connectivity index (χ0n) is 12.6. The minimum absolute atomic E-state index is 0.00703. The van der Waals surface area contributed by atoms with E-state index >= 15 is 0 Å². The molecule has 23 heavy (non-hydrogen) atoms. The maximum atomic E-state index is 13.6. The molecule has 4 nitrogen and oxygen atoms in total. The van der Waals surface area contributed by atoms with Crippen LogP contribution in [0.15, 0.2) is 48.5 Å². The molecule has 0 aliphatic heterocycles. The third kappa shape index (κ3) is 4.53. The number of nitrogens with one attached hydrogen (secondary N) is 1. The van der Waals surface area contributed by atoms with Gasteiger partial charge < -0.3 is 10.2 Å². The average molecular weight is 335 g/mol. The van der Waals surface area contributed by atoms with Gasteiger partial charge in [0.05, 0.1) is 17.1 Å². The molecular formula is C17H16ClFN2O2. The van der Waals surface area contributed by atoms with Crippen molar-refractivity contribution in [1.29, 1.82) is 0 Å². The normalized spacial score (nSPS) is 10.2. The molecule has 0 aromatic heterocycles. The van der Waals surface area contributed by atoms with Crippen molar-refractivity contribution in [2.75, 3.05) is 13.6 Å². The Hall–Kier alpha value is -2.40. The first kappa shape index (κ1) is 17.0. The molecular weight excluding hydrogens is 319 g/mol. The van der Waals surface area contributed by atoms with Gasteiger partial charge in [-0.15, -0.1) is 0 Å². The van der Waals surface area contributed by atoms with Crippen molar-refractivity contribution in [2.24, 2.45) is 0 Å². The van der Waals surface area contributed by atoms with E-state index in [9.17, 15) is 14.0 Å². The summed E-state index contributed by atoms with van der Waals surface area (Å²) in [4.78, 5) is 25.5. The molecule has 0 radical (unpaired) electrons. The van der Waals surface area contributed by atoms with Gasteiger partial charge in [-0.25, -0.2) is 4.39 Å².